The molecule has 3 heteroatoms. The summed E-state index contributed by atoms with van der Waals surface area (Å²) < 4.78 is 0. The summed E-state index contributed by atoms with van der Waals surface area (Å²) in [6, 6.07) is 15.4. The molecule has 0 atom stereocenters. The second-order valence-corrected chi connectivity index (χ2v) is 4.44. The summed E-state index contributed by atoms with van der Waals surface area (Å²) in [5.41, 5.74) is 2.87. The smallest absolute Gasteiger partial charge is 0.131 e. The largest absolute Gasteiger partial charge is 0.340 e. The molecule has 0 amide bonds. The summed E-state index contributed by atoms with van der Waals surface area (Å²) in [7, 11) is 0. The van der Waals surface area contributed by atoms with Gasteiger partial charge < -0.3 is 5.32 Å². The van der Waals surface area contributed by atoms with Crippen molar-refractivity contribution in [2.45, 2.75) is 13.3 Å². The SMILES string of the molecule is CCc1cccc(NC(=N)c2ccccc2Cl)c1. The van der Waals surface area contributed by atoms with E-state index in [-0.39, 0.29) is 0 Å². The average molecular weight is 259 g/mol. The number of nitrogens with one attached hydrogen (secondary N) is 2. The van der Waals surface area contributed by atoms with Gasteiger partial charge in [-0.1, -0.05) is 42.8 Å². The van der Waals surface area contributed by atoms with E-state index in [0.29, 0.717) is 16.4 Å². The first-order chi connectivity index (χ1) is 8.70. The van der Waals surface area contributed by atoms with Crippen LogP contribution in [0.15, 0.2) is 48.5 Å². The van der Waals surface area contributed by atoms with E-state index in [9.17, 15) is 0 Å². The van der Waals surface area contributed by atoms with Crippen LogP contribution < -0.4 is 5.32 Å². The lowest BCUT2D eigenvalue weighted by Gasteiger charge is -2.10. The normalized spacial score (nSPS) is 10.1. The van der Waals surface area contributed by atoms with Crippen LogP contribution in [0.2, 0.25) is 5.02 Å². The Balaban J connectivity index is 2.19. The molecule has 0 aliphatic carbocycles. The molecule has 2 N–H and O–H groups in total. The highest BCUT2D eigenvalue weighted by Gasteiger charge is 2.05. The number of benzene rings is 2. The fraction of sp³-hybridized carbons (Fsp3) is 0.133. The quantitative estimate of drug-likeness (QED) is 0.624. The van der Waals surface area contributed by atoms with Crippen LogP contribution in [0.4, 0.5) is 5.69 Å². The Labute approximate surface area is 112 Å². The summed E-state index contributed by atoms with van der Waals surface area (Å²) in [5, 5.41) is 11.7. The molecule has 0 aliphatic heterocycles. The molecule has 18 heavy (non-hydrogen) atoms. The second kappa shape index (κ2) is 5.69. The first-order valence-corrected chi connectivity index (χ1v) is 6.28. The van der Waals surface area contributed by atoms with Crippen molar-refractivity contribution in [2.24, 2.45) is 0 Å². The summed E-state index contributed by atoms with van der Waals surface area (Å²) in [5.74, 6) is 0.314. The third kappa shape index (κ3) is 2.90. The molecule has 0 radical (unpaired) electrons. The van der Waals surface area contributed by atoms with Gasteiger partial charge in [-0.2, -0.15) is 0 Å². The molecule has 0 bridgehead atoms. The van der Waals surface area contributed by atoms with Crippen molar-refractivity contribution in [1.82, 2.24) is 0 Å². The number of hydrogen-bond donors (Lipinski definition) is 2. The van der Waals surface area contributed by atoms with Gasteiger partial charge in [-0.25, -0.2) is 0 Å². The summed E-state index contributed by atoms with van der Waals surface area (Å²) in [6.07, 6.45) is 0.981. The van der Waals surface area contributed by atoms with Crippen molar-refractivity contribution >= 4 is 23.1 Å². The van der Waals surface area contributed by atoms with Crippen molar-refractivity contribution in [2.75, 3.05) is 5.32 Å². The fourth-order valence-corrected chi connectivity index (χ4v) is 1.97. The highest BCUT2D eigenvalue weighted by atomic mass is 35.5. The first-order valence-electron chi connectivity index (χ1n) is 5.90. The fourth-order valence-electron chi connectivity index (χ4n) is 1.74. The standard InChI is InChI=1S/C15H15ClN2/c1-2-11-6-5-7-12(10-11)18-15(17)13-8-3-4-9-14(13)16/h3-10H,2H2,1H3,(H2,17,18). The highest BCUT2D eigenvalue weighted by Crippen LogP contribution is 2.17. The van der Waals surface area contributed by atoms with Gasteiger partial charge in [-0.3, -0.25) is 5.41 Å². The van der Waals surface area contributed by atoms with E-state index in [4.69, 9.17) is 17.0 Å². The maximum absolute atomic E-state index is 8.04. The minimum atomic E-state index is 0.314. The van der Waals surface area contributed by atoms with Crippen molar-refractivity contribution in [3.05, 3.63) is 64.7 Å². The molecule has 0 fully saturated rings. The molecule has 2 rings (SSSR count). The molecular formula is C15H15ClN2. The topological polar surface area (TPSA) is 35.9 Å². The van der Waals surface area contributed by atoms with Crippen LogP contribution in [-0.2, 0) is 6.42 Å². The molecule has 2 aromatic carbocycles. The molecule has 0 unspecified atom stereocenters. The van der Waals surface area contributed by atoms with Crippen molar-refractivity contribution < 1.29 is 0 Å². The van der Waals surface area contributed by atoms with Crippen LogP contribution in [0.3, 0.4) is 0 Å². The van der Waals surface area contributed by atoms with Crippen LogP contribution >= 0.6 is 11.6 Å². The molecule has 0 heterocycles. The lowest BCUT2D eigenvalue weighted by Crippen LogP contribution is -2.12. The van der Waals surface area contributed by atoms with E-state index in [1.54, 1.807) is 6.07 Å². The molecule has 92 valence electrons. The van der Waals surface area contributed by atoms with E-state index < -0.39 is 0 Å². The number of anilines is 1. The molecule has 0 aliphatic rings. The number of amidine groups is 1. The Morgan fingerprint density at radius 3 is 2.67 bits per heavy atom. The van der Waals surface area contributed by atoms with Gasteiger partial charge in [0.15, 0.2) is 0 Å². The highest BCUT2D eigenvalue weighted by molar-refractivity contribution is 6.34. The third-order valence-corrected chi connectivity index (χ3v) is 3.08. The zero-order valence-corrected chi connectivity index (χ0v) is 11.0. The monoisotopic (exact) mass is 258 g/mol. The molecular weight excluding hydrogens is 244 g/mol. The maximum Gasteiger partial charge on any atom is 0.131 e. The summed E-state index contributed by atoms with van der Waals surface area (Å²) in [6.45, 7) is 2.11. The Hall–Kier alpha value is -1.80. The minimum Gasteiger partial charge on any atom is -0.340 e. The molecule has 2 aromatic rings. The van der Waals surface area contributed by atoms with Crippen LogP contribution in [0.5, 0.6) is 0 Å². The van der Waals surface area contributed by atoms with Crippen LogP contribution in [0.1, 0.15) is 18.1 Å². The predicted octanol–water partition coefficient (Wildman–Crippen LogP) is 4.34. The van der Waals surface area contributed by atoms with E-state index >= 15 is 0 Å². The van der Waals surface area contributed by atoms with Crippen molar-refractivity contribution in [3.8, 4) is 0 Å². The zero-order chi connectivity index (χ0) is 13.0. The number of aryl methyl sites for hydroxylation is 1. The molecule has 2 nitrogen and oxygen atoms in total. The Morgan fingerprint density at radius 2 is 1.94 bits per heavy atom. The molecule has 0 aromatic heterocycles. The van der Waals surface area contributed by atoms with Gasteiger partial charge >= 0.3 is 0 Å². The lowest BCUT2D eigenvalue weighted by molar-refractivity contribution is 1.14. The average Bonchev–Trinajstić information content (AvgIpc) is 2.39. The number of rotatable bonds is 3. The predicted molar refractivity (Wildman–Crippen MR) is 77.7 cm³/mol. The van der Waals surface area contributed by atoms with Gasteiger partial charge in [0.1, 0.15) is 5.84 Å². The van der Waals surface area contributed by atoms with Crippen LogP contribution in [-0.4, -0.2) is 5.84 Å². The molecule has 0 saturated carbocycles. The first kappa shape index (κ1) is 12.7. The Kier molecular flexibility index (Phi) is 4.00. The van der Waals surface area contributed by atoms with Gasteiger partial charge in [0, 0.05) is 11.3 Å². The van der Waals surface area contributed by atoms with Crippen molar-refractivity contribution in [3.63, 3.8) is 0 Å². The minimum absolute atomic E-state index is 0.314. The molecule has 0 spiro atoms. The van der Waals surface area contributed by atoms with E-state index in [0.717, 1.165) is 12.1 Å². The summed E-state index contributed by atoms with van der Waals surface area (Å²) >= 11 is 6.06. The van der Waals surface area contributed by atoms with Gasteiger partial charge in [0.2, 0.25) is 0 Å². The van der Waals surface area contributed by atoms with Gasteiger partial charge in [-0.05, 0) is 36.2 Å². The second-order valence-electron chi connectivity index (χ2n) is 4.03. The summed E-state index contributed by atoms with van der Waals surface area (Å²) in [4.78, 5) is 0. The van der Waals surface area contributed by atoms with Gasteiger partial charge in [0.05, 0.1) is 5.02 Å². The van der Waals surface area contributed by atoms with Crippen LogP contribution in [0, 0.1) is 5.41 Å². The Bertz CT molecular complexity index is 564. The van der Waals surface area contributed by atoms with Gasteiger partial charge in [-0.15, -0.1) is 0 Å². The number of halogens is 1. The number of hydrogen-bond acceptors (Lipinski definition) is 1. The lowest BCUT2D eigenvalue weighted by atomic mass is 10.1. The van der Waals surface area contributed by atoms with E-state index in [2.05, 4.69) is 18.3 Å². The van der Waals surface area contributed by atoms with E-state index in [1.165, 1.54) is 5.56 Å². The maximum atomic E-state index is 8.04. The molecule has 0 saturated heterocycles. The van der Waals surface area contributed by atoms with Crippen LogP contribution in [0.25, 0.3) is 0 Å². The van der Waals surface area contributed by atoms with E-state index in [1.807, 2.05) is 36.4 Å². The Morgan fingerprint density at radius 1 is 1.17 bits per heavy atom. The third-order valence-electron chi connectivity index (χ3n) is 2.75. The van der Waals surface area contributed by atoms with Gasteiger partial charge in [0.25, 0.3) is 0 Å². The van der Waals surface area contributed by atoms with Crippen molar-refractivity contribution in [1.29, 1.82) is 5.41 Å². The zero-order valence-electron chi connectivity index (χ0n) is 10.2.